The Morgan fingerprint density at radius 2 is 2.10 bits per heavy atom. The molecule has 0 spiro atoms. The molecule has 2 aromatic carbocycles. The van der Waals surface area contributed by atoms with Gasteiger partial charge in [0, 0.05) is 22.3 Å². The van der Waals surface area contributed by atoms with Gasteiger partial charge in [0.1, 0.15) is 5.75 Å². The van der Waals surface area contributed by atoms with E-state index in [-0.39, 0.29) is 11.7 Å². The Hall–Kier alpha value is -2.01. The molecule has 1 amide bonds. The highest BCUT2D eigenvalue weighted by atomic mass is 79.9. The monoisotopic (exact) mass is 332 g/mol. The van der Waals surface area contributed by atoms with Gasteiger partial charge >= 0.3 is 0 Å². The van der Waals surface area contributed by atoms with Gasteiger partial charge in [-0.15, -0.1) is 0 Å². The first-order valence-corrected chi connectivity index (χ1v) is 7.09. The number of fused-ring (bicyclic) bond motifs is 1. The number of amides is 1. The van der Waals surface area contributed by atoms with Crippen LogP contribution in [0.1, 0.15) is 15.9 Å². The predicted octanol–water partition coefficient (Wildman–Crippen LogP) is 3.38. The topological polar surface area (TPSA) is 61.4 Å². The van der Waals surface area contributed by atoms with Crippen molar-refractivity contribution in [1.82, 2.24) is 0 Å². The molecule has 0 fully saturated rings. The molecule has 5 heteroatoms. The minimum absolute atomic E-state index is 0.0457. The van der Waals surface area contributed by atoms with E-state index in [2.05, 4.69) is 26.6 Å². The van der Waals surface area contributed by atoms with Crippen LogP contribution in [0, 0.1) is 0 Å². The normalized spacial score (nSPS) is 12.7. The van der Waals surface area contributed by atoms with Crippen molar-refractivity contribution in [3.63, 3.8) is 0 Å². The summed E-state index contributed by atoms with van der Waals surface area (Å²) in [5.41, 5.74) is 3.22. The summed E-state index contributed by atoms with van der Waals surface area (Å²) >= 11 is 3.31. The molecular formula is C15H13BrN2O2. The molecule has 4 nitrogen and oxygen atoms in total. The van der Waals surface area contributed by atoms with E-state index in [0.717, 1.165) is 28.7 Å². The minimum Gasteiger partial charge on any atom is -0.506 e. The molecular weight excluding hydrogens is 320 g/mol. The van der Waals surface area contributed by atoms with E-state index in [1.165, 1.54) is 6.07 Å². The van der Waals surface area contributed by atoms with Crippen molar-refractivity contribution in [3.8, 4) is 5.75 Å². The summed E-state index contributed by atoms with van der Waals surface area (Å²) in [6.07, 6.45) is 0.929. The Bertz CT molecular complexity index is 686. The standard InChI is InChI=1S/C15H13BrN2O2/c16-11-2-4-14(19)13(8-11)18-15(20)10-1-3-12-9(7-10)5-6-17-12/h1-4,7-8,17,19H,5-6H2,(H,18,20). The third-order valence-corrected chi connectivity index (χ3v) is 3.78. The van der Waals surface area contributed by atoms with Gasteiger partial charge in [0.25, 0.3) is 5.91 Å². The van der Waals surface area contributed by atoms with Crippen LogP contribution < -0.4 is 10.6 Å². The highest BCUT2D eigenvalue weighted by molar-refractivity contribution is 9.10. The van der Waals surface area contributed by atoms with E-state index in [9.17, 15) is 9.90 Å². The molecule has 0 radical (unpaired) electrons. The number of hydrogen-bond acceptors (Lipinski definition) is 3. The van der Waals surface area contributed by atoms with E-state index < -0.39 is 0 Å². The van der Waals surface area contributed by atoms with Gasteiger partial charge in [0.05, 0.1) is 5.69 Å². The molecule has 102 valence electrons. The Labute approximate surface area is 125 Å². The number of halogens is 1. The Morgan fingerprint density at radius 3 is 2.95 bits per heavy atom. The van der Waals surface area contributed by atoms with Crippen LogP contribution in [0.2, 0.25) is 0 Å². The van der Waals surface area contributed by atoms with Gasteiger partial charge in [-0.2, -0.15) is 0 Å². The molecule has 3 N–H and O–H groups in total. The van der Waals surface area contributed by atoms with Crippen LogP contribution in [0.3, 0.4) is 0 Å². The van der Waals surface area contributed by atoms with E-state index >= 15 is 0 Å². The van der Waals surface area contributed by atoms with E-state index in [4.69, 9.17) is 0 Å². The average molecular weight is 333 g/mol. The molecule has 0 bridgehead atoms. The quantitative estimate of drug-likeness (QED) is 0.739. The van der Waals surface area contributed by atoms with Crippen LogP contribution in [0.5, 0.6) is 5.75 Å². The number of rotatable bonds is 2. The number of phenolic OH excluding ortho intramolecular Hbond substituents is 1. The summed E-state index contributed by atoms with van der Waals surface area (Å²) < 4.78 is 0.795. The lowest BCUT2D eigenvalue weighted by Gasteiger charge is -2.09. The Balaban J connectivity index is 1.84. The van der Waals surface area contributed by atoms with Gasteiger partial charge in [0.15, 0.2) is 0 Å². The molecule has 1 heterocycles. The molecule has 0 saturated heterocycles. The van der Waals surface area contributed by atoms with Crippen LogP contribution >= 0.6 is 15.9 Å². The van der Waals surface area contributed by atoms with Crippen LogP contribution in [0.4, 0.5) is 11.4 Å². The number of aromatic hydroxyl groups is 1. The van der Waals surface area contributed by atoms with Crippen molar-refractivity contribution in [1.29, 1.82) is 0 Å². The van der Waals surface area contributed by atoms with Crippen molar-refractivity contribution in [2.24, 2.45) is 0 Å². The predicted molar refractivity (Wildman–Crippen MR) is 82.4 cm³/mol. The number of carbonyl (C=O) groups excluding carboxylic acids is 1. The fourth-order valence-electron chi connectivity index (χ4n) is 2.25. The fourth-order valence-corrected chi connectivity index (χ4v) is 2.61. The number of phenols is 1. The maximum absolute atomic E-state index is 12.2. The molecule has 3 rings (SSSR count). The van der Waals surface area contributed by atoms with Crippen molar-refractivity contribution in [3.05, 3.63) is 52.0 Å². The van der Waals surface area contributed by atoms with Crippen molar-refractivity contribution >= 4 is 33.2 Å². The van der Waals surface area contributed by atoms with Crippen LogP contribution in [-0.2, 0) is 6.42 Å². The van der Waals surface area contributed by atoms with E-state index in [0.29, 0.717) is 11.3 Å². The molecule has 0 aromatic heterocycles. The average Bonchev–Trinajstić information content (AvgIpc) is 2.90. The second-order valence-electron chi connectivity index (χ2n) is 4.66. The van der Waals surface area contributed by atoms with Gasteiger partial charge in [-0.25, -0.2) is 0 Å². The first-order chi connectivity index (χ1) is 9.63. The zero-order chi connectivity index (χ0) is 14.1. The Morgan fingerprint density at radius 1 is 1.25 bits per heavy atom. The van der Waals surface area contributed by atoms with E-state index in [1.807, 2.05) is 12.1 Å². The molecule has 20 heavy (non-hydrogen) atoms. The van der Waals surface area contributed by atoms with Crippen LogP contribution in [0.25, 0.3) is 0 Å². The molecule has 0 aliphatic carbocycles. The molecule has 2 aromatic rings. The molecule has 0 atom stereocenters. The fraction of sp³-hybridized carbons (Fsp3) is 0.133. The lowest BCUT2D eigenvalue weighted by atomic mass is 10.1. The number of nitrogens with one attached hydrogen (secondary N) is 2. The SMILES string of the molecule is O=C(Nc1cc(Br)ccc1O)c1ccc2c(c1)CCN2. The third kappa shape index (κ3) is 2.49. The summed E-state index contributed by atoms with van der Waals surface area (Å²) in [5, 5.41) is 15.7. The van der Waals surface area contributed by atoms with Gasteiger partial charge < -0.3 is 15.7 Å². The first-order valence-electron chi connectivity index (χ1n) is 6.30. The molecule has 0 unspecified atom stereocenters. The van der Waals surface area contributed by atoms with E-state index in [1.54, 1.807) is 18.2 Å². The van der Waals surface area contributed by atoms with Crippen molar-refractivity contribution in [2.45, 2.75) is 6.42 Å². The largest absolute Gasteiger partial charge is 0.506 e. The van der Waals surface area contributed by atoms with Gasteiger partial charge in [0.2, 0.25) is 0 Å². The van der Waals surface area contributed by atoms with Crippen molar-refractivity contribution < 1.29 is 9.90 Å². The summed E-state index contributed by atoms with van der Waals surface area (Å²) in [6, 6.07) is 10.5. The van der Waals surface area contributed by atoms with Crippen LogP contribution in [0.15, 0.2) is 40.9 Å². The molecule has 1 aliphatic rings. The number of carbonyl (C=O) groups is 1. The highest BCUT2D eigenvalue weighted by Gasteiger charge is 2.14. The third-order valence-electron chi connectivity index (χ3n) is 3.28. The Kier molecular flexibility index (Phi) is 3.36. The summed E-state index contributed by atoms with van der Waals surface area (Å²) in [5.74, 6) is -0.183. The number of benzene rings is 2. The highest BCUT2D eigenvalue weighted by Crippen LogP contribution is 2.28. The minimum atomic E-state index is -0.229. The smallest absolute Gasteiger partial charge is 0.255 e. The number of hydrogen-bond donors (Lipinski definition) is 3. The maximum Gasteiger partial charge on any atom is 0.255 e. The molecule has 0 saturated carbocycles. The van der Waals surface area contributed by atoms with Gasteiger partial charge in [-0.05, 0) is 48.4 Å². The zero-order valence-corrected chi connectivity index (χ0v) is 12.2. The summed E-state index contributed by atoms with van der Waals surface area (Å²) in [4.78, 5) is 12.2. The van der Waals surface area contributed by atoms with Gasteiger partial charge in [-0.1, -0.05) is 15.9 Å². The lowest BCUT2D eigenvalue weighted by molar-refractivity contribution is 0.102. The zero-order valence-electron chi connectivity index (χ0n) is 10.6. The second-order valence-corrected chi connectivity index (χ2v) is 5.58. The maximum atomic E-state index is 12.2. The number of anilines is 2. The first kappa shape index (κ1) is 13.0. The summed E-state index contributed by atoms with van der Waals surface area (Å²) in [6.45, 7) is 0.910. The second kappa shape index (κ2) is 5.17. The summed E-state index contributed by atoms with van der Waals surface area (Å²) in [7, 11) is 0. The molecule has 1 aliphatic heterocycles. The van der Waals surface area contributed by atoms with Gasteiger partial charge in [-0.3, -0.25) is 4.79 Å². The lowest BCUT2D eigenvalue weighted by Crippen LogP contribution is -2.12. The van der Waals surface area contributed by atoms with Crippen molar-refractivity contribution in [2.75, 3.05) is 17.2 Å². The van der Waals surface area contributed by atoms with Crippen LogP contribution in [-0.4, -0.2) is 17.6 Å².